The molecule has 1 aromatic heterocycles. The molecule has 1 heterocycles. The Labute approximate surface area is 188 Å². The molecule has 3 aromatic carbocycles. The van der Waals surface area contributed by atoms with Gasteiger partial charge in [-0.05, 0) is 67.8 Å². The highest BCUT2D eigenvalue weighted by Gasteiger charge is 2.25. The van der Waals surface area contributed by atoms with Crippen LogP contribution < -0.4 is 5.56 Å². The molecule has 0 fully saturated rings. The number of carbonyl (C=O) groups is 1. The number of hydrogen-bond acceptors (Lipinski definition) is 3. The first-order valence-corrected chi connectivity index (χ1v) is 10.9. The molecule has 0 saturated heterocycles. The summed E-state index contributed by atoms with van der Waals surface area (Å²) in [5.41, 5.74) is 4.06. The molecule has 0 saturated carbocycles. The van der Waals surface area contributed by atoms with Crippen molar-refractivity contribution in [3.8, 4) is 5.69 Å². The summed E-state index contributed by atoms with van der Waals surface area (Å²) in [4.78, 5) is 33.2. The third kappa shape index (κ3) is 3.94. The number of aryl methyl sites for hydroxylation is 2. The van der Waals surface area contributed by atoms with Crippen LogP contribution in [-0.4, -0.2) is 27.4 Å². The van der Waals surface area contributed by atoms with E-state index in [1.807, 2.05) is 80.6 Å². The molecule has 1 atom stereocenters. The van der Waals surface area contributed by atoms with Gasteiger partial charge in [0.1, 0.15) is 5.82 Å². The maximum atomic E-state index is 13.5. The molecule has 162 valence electrons. The Morgan fingerprint density at radius 2 is 1.75 bits per heavy atom. The summed E-state index contributed by atoms with van der Waals surface area (Å²) in [6, 6.07) is 22.3. The van der Waals surface area contributed by atoms with Crippen molar-refractivity contribution in [2.45, 2.75) is 33.2 Å². The van der Waals surface area contributed by atoms with Gasteiger partial charge in [-0.3, -0.25) is 14.2 Å². The van der Waals surface area contributed by atoms with Gasteiger partial charge < -0.3 is 4.90 Å². The van der Waals surface area contributed by atoms with E-state index in [9.17, 15) is 9.59 Å². The van der Waals surface area contributed by atoms with Gasteiger partial charge in [0.15, 0.2) is 0 Å². The van der Waals surface area contributed by atoms with Crippen LogP contribution in [0.1, 0.15) is 47.2 Å². The number of rotatable bonds is 5. The van der Waals surface area contributed by atoms with E-state index in [1.165, 1.54) is 5.56 Å². The van der Waals surface area contributed by atoms with Crippen LogP contribution in [0.5, 0.6) is 0 Å². The molecule has 0 bridgehead atoms. The van der Waals surface area contributed by atoms with Gasteiger partial charge in [0, 0.05) is 12.6 Å². The molecular formula is C27H27N3O2. The fourth-order valence-corrected chi connectivity index (χ4v) is 3.88. The van der Waals surface area contributed by atoms with Crippen LogP contribution in [0.25, 0.3) is 16.6 Å². The molecule has 0 radical (unpaired) electrons. The summed E-state index contributed by atoms with van der Waals surface area (Å²) >= 11 is 0. The monoisotopic (exact) mass is 425 g/mol. The van der Waals surface area contributed by atoms with Crippen LogP contribution in [0.3, 0.4) is 0 Å². The number of aromatic nitrogens is 2. The molecule has 0 N–H and O–H groups in total. The Balaban J connectivity index is 1.83. The zero-order valence-electron chi connectivity index (χ0n) is 18.9. The standard InChI is InChI=1S/C27H27N3O2/c1-5-20-13-15-21(16-14-20)26(31)29(4)19(3)25-28-24-12-7-6-11-23(24)27(32)30(25)22-10-8-9-18(2)17-22/h6-17,19H,5H2,1-4H3/t19-/m0/s1. The second kappa shape index (κ2) is 8.79. The lowest BCUT2D eigenvalue weighted by Crippen LogP contribution is -2.34. The molecular weight excluding hydrogens is 398 g/mol. The minimum Gasteiger partial charge on any atom is -0.332 e. The van der Waals surface area contributed by atoms with Crippen molar-refractivity contribution in [2.24, 2.45) is 0 Å². The average Bonchev–Trinajstić information content (AvgIpc) is 2.82. The zero-order valence-corrected chi connectivity index (χ0v) is 18.9. The highest BCUT2D eigenvalue weighted by atomic mass is 16.2. The number of amides is 1. The van der Waals surface area contributed by atoms with Crippen molar-refractivity contribution < 1.29 is 4.79 Å². The van der Waals surface area contributed by atoms with Gasteiger partial charge in [-0.15, -0.1) is 0 Å². The minimum absolute atomic E-state index is 0.113. The number of nitrogens with zero attached hydrogens (tertiary/aromatic N) is 3. The summed E-state index contributed by atoms with van der Waals surface area (Å²) in [5.74, 6) is 0.415. The molecule has 0 aliphatic carbocycles. The Hall–Kier alpha value is -3.73. The molecule has 0 spiro atoms. The van der Waals surface area contributed by atoms with Crippen molar-refractivity contribution in [3.63, 3.8) is 0 Å². The number of carbonyl (C=O) groups excluding carboxylic acids is 1. The summed E-state index contributed by atoms with van der Waals surface area (Å²) in [6.45, 7) is 5.98. The fraction of sp³-hybridized carbons (Fsp3) is 0.222. The molecule has 0 aliphatic heterocycles. The normalized spacial score (nSPS) is 12.0. The first kappa shape index (κ1) is 21.5. The lowest BCUT2D eigenvalue weighted by molar-refractivity contribution is 0.0735. The van der Waals surface area contributed by atoms with Crippen LogP contribution in [0.15, 0.2) is 77.6 Å². The molecule has 0 aliphatic rings. The van der Waals surface area contributed by atoms with Crippen LogP contribution in [0, 0.1) is 6.92 Å². The van der Waals surface area contributed by atoms with E-state index >= 15 is 0 Å². The molecule has 4 aromatic rings. The predicted molar refractivity (Wildman–Crippen MR) is 128 cm³/mol. The van der Waals surface area contributed by atoms with Crippen molar-refractivity contribution in [2.75, 3.05) is 7.05 Å². The molecule has 0 unspecified atom stereocenters. The van der Waals surface area contributed by atoms with Gasteiger partial charge in [-0.25, -0.2) is 4.98 Å². The second-order valence-corrected chi connectivity index (χ2v) is 8.11. The SMILES string of the molecule is CCc1ccc(C(=O)N(C)[C@@H](C)c2nc3ccccc3c(=O)n2-c2cccc(C)c2)cc1. The third-order valence-corrected chi connectivity index (χ3v) is 5.95. The fourth-order valence-electron chi connectivity index (χ4n) is 3.88. The highest BCUT2D eigenvalue weighted by Crippen LogP contribution is 2.23. The van der Waals surface area contributed by atoms with E-state index < -0.39 is 6.04 Å². The molecule has 5 nitrogen and oxygen atoms in total. The number of hydrogen-bond donors (Lipinski definition) is 0. The van der Waals surface area contributed by atoms with Crippen molar-refractivity contribution >= 4 is 16.8 Å². The smallest absolute Gasteiger partial charge is 0.266 e. The van der Waals surface area contributed by atoms with E-state index in [0.717, 1.165) is 17.7 Å². The lowest BCUT2D eigenvalue weighted by atomic mass is 10.1. The maximum absolute atomic E-state index is 13.5. The van der Waals surface area contributed by atoms with Crippen molar-refractivity contribution in [3.05, 3.63) is 106 Å². The van der Waals surface area contributed by atoms with Crippen LogP contribution >= 0.6 is 0 Å². The van der Waals surface area contributed by atoms with Crippen LogP contribution in [0.2, 0.25) is 0 Å². The molecule has 4 rings (SSSR count). The summed E-state index contributed by atoms with van der Waals surface area (Å²) < 4.78 is 1.63. The first-order valence-electron chi connectivity index (χ1n) is 10.9. The van der Waals surface area contributed by atoms with Gasteiger partial charge >= 0.3 is 0 Å². The first-order chi connectivity index (χ1) is 15.4. The quantitative estimate of drug-likeness (QED) is 0.448. The van der Waals surface area contributed by atoms with Gasteiger partial charge in [-0.2, -0.15) is 0 Å². The molecule has 32 heavy (non-hydrogen) atoms. The van der Waals surface area contributed by atoms with E-state index in [4.69, 9.17) is 4.98 Å². The van der Waals surface area contributed by atoms with E-state index in [-0.39, 0.29) is 11.5 Å². The van der Waals surface area contributed by atoms with E-state index in [1.54, 1.807) is 22.6 Å². The predicted octanol–water partition coefficient (Wildman–Crippen LogP) is 5.09. The van der Waals surface area contributed by atoms with Crippen LogP contribution in [-0.2, 0) is 6.42 Å². The average molecular weight is 426 g/mol. The molecule has 5 heteroatoms. The van der Waals surface area contributed by atoms with Gasteiger partial charge in [-0.1, -0.05) is 43.3 Å². The number of benzene rings is 3. The third-order valence-electron chi connectivity index (χ3n) is 5.95. The van der Waals surface area contributed by atoms with Crippen LogP contribution in [0.4, 0.5) is 0 Å². The Morgan fingerprint density at radius 1 is 1.03 bits per heavy atom. The van der Waals surface area contributed by atoms with E-state index in [2.05, 4.69) is 6.92 Å². The van der Waals surface area contributed by atoms with E-state index in [0.29, 0.717) is 22.3 Å². The van der Waals surface area contributed by atoms with Gasteiger partial charge in [0.2, 0.25) is 0 Å². The summed E-state index contributed by atoms with van der Waals surface area (Å²) in [6.07, 6.45) is 0.921. The Bertz CT molecular complexity index is 1340. The van der Waals surface area contributed by atoms with Gasteiger partial charge in [0.05, 0.1) is 22.6 Å². The van der Waals surface area contributed by atoms with Gasteiger partial charge in [0.25, 0.3) is 11.5 Å². The second-order valence-electron chi connectivity index (χ2n) is 8.11. The number of fused-ring (bicyclic) bond motifs is 1. The van der Waals surface area contributed by atoms with Crippen molar-refractivity contribution in [1.29, 1.82) is 0 Å². The lowest BCUT2D eigenvalue weighted by Gasteiger charge is -2.27. The topological polar surface area (TPSA) is 55.2 Å². The van der Waals surface area contributed by atoms with Crippen molar-refractivity contribution in [1.82, 2.24) is 14.5 Å². The summed E-state index contributed by atoms with van der Waals surface area (Å²) in [5, 5.41) is 0.550. The number of para-hydroxylation sites is 1. The maximum Gasteiger partial charge on any atom is 0.266 e. The summed E-state index contributed by atoms with van der Waals surface area (Å²) in [7, 11) is 1.75. The highest BCUT2D eigenvalue weighted by molar-refractivity contribution is 5.94. The zero-order chi connectivity index (χ0) is 22.8. The Kier molecular flexibility index (Phi) is 5.91. The largest absolute Gasteiger partial charge is 0.332 e. The Morgan fingerprint density at radius 3 is 2.44 bits per heavy atom. The minimum atomic E-state index is -0.425. The molecule has 1 amide bonds.